The van der Waals surface area contributed by atoms with Crippen LogP contribution in [0, 0.1) is 0 Å². The number of alkyl halides is 1. The minimum Gasteiger partial charge on any atom is -0.462 e. The Kier molecular flexibility index (Phi) is 7.27. The first-order valence-corrected chi connectivity index (χ1v) is 9.67. The highest BCUT2D eigenvalue weighted by molar-refractivity contribution is 9.10. The first-order chi connectivity index (χ1) is 11.6. The Bertz CT molecular complexity index is 715. The van der Waals surface area contributed by atoms with Gasteiger partial charge in [-0.15, -0.1) is 22.9 Å². The number of halogens is 2. The smallest absolute Gasteiger partial charge is 0.341 e. The summed E-state index contributed by atoms with van der Waals surface area (Å²) in [6.07, 6.45) is 0.907. The fourth-order valence-corrected chi connectivity index (χ4v) is 3.49. The fraction of sp³-hybridized carbons (Fsp3) is 0.294. The van der Waals surface area contributed by atoms with Crippen LogP contribution in [0.4, 0.5) is 5.00 Å². The van der Waals surface area contributed by atoms with Gasteiger partial charge in [-0.1, -0.05) is 28.1 Å². The van der Waals surface area contributed by atoms with E-state index in [0.717, 1.165) is 15.6 Å². The Morgan fingerprint density at radius 1 is 1.29 bits per heavy atom. The highest BCUT2D eigenvalue weighted by Crippen LogP contribution is 2.36. The summed E-state index contributed by atoms with van der Waals surface area (Å²) < 4.78 is 6.11. The molecule has 0 atom stereocenters. The van der Waals surface area contributed by atoms with E-state index in [0.29, 0.717) is 29.3 Å². The largest absolute Gasteiger partial charge is 0.462 e. The van der Waals surface area contributed by atoms with E-state index in [4.69, 9.17) is 16.3 Å². The fourth-order valence-electron chi connectivity index (χ4n) is 2.11. The number of carbonyl (C=O) groups excluding carboxylic acids is 2. The highest BCUT2D eigenvalue weighted by atomic mass is 79.9. The van der Waals surface area contributed by atoms with Gasteiger partial charge in [-0.25, -0.2) is 4.79 Å². The zero-order chi connectivity index (χ0) is 17.5. The lowest BCUT2D eigenvalue weighted by atomic mass is 10.0. The third-order valence-corrected chi connectivity index (χ3v) is 4.91. The average molecular weight is 431 g/mol. The van der Waals surface area contributed by atoms with Crippen molar-refractivity contribution in [1.29, 1.82) is 0 Å². The van der Waals surface area contributed by atoms with Crippen molar-refractivity contribution < 1.29 is 14.3 Å². The molecule has 0 aliphatic rings. The molecular formula is C17H17BrClNO3S. The van der Waals surface area contributed by atoms with Crippen LogP contribution in [0.1, 0.15) is 30.1 Å². The summed E-state index contributed by atoms with van der Waals surface area (Å²) in [7, 11) is 0. The van der Waals surface area contributed by atoms with Crippen LogP contribution in [0.5, 0.6) is 0 Å². The van der Waals surface area contributed by atoms with Crippen molar-refractivity contribution in [3.63, 3.8) is 0 Å². The minimum absolute atomic E-state index is 0.162. The number of nitrogens with one attached hydrogen (secondary N) is 1. The summed E-state index contributed by atoms with van der Waals surface area (Å²) in [6, 6.07) is 7.63. The van der Waals surface area contributed by atoms with Crippen LogP contribution < -0.4 is 5.32 Å². The van der Waals surface area contributed by atoms with E-state index in [1.54, 1.807) is 6.92 Å². The SMILES string of the molecule is CCOC(=O)c1c(-c2ccc(Br)cc2)csc1NC(=O)CCCCl. The number of benzene rings is 1. The third kappa shape index (κ3) is 4.82. The Labute approximate surface area is 158 Å². The summed E-state index contributed by atoms with van der Waals surface area (Å²) in [6.45, 7) is 2.02. The van der Waals surface area contributed by atoms with Crippen molar-refractivity contribution in [2.45, 2.75) is 19.8 Å². The van der Waals surface area contributed by atoms with Gasteiger partial charge in [0.15, 0.2) is 0 Å². The summed E-state index contributed by atoms with van der Waals surface area (Å²) in [5.41, 5.74) is 2.03. The number of anilines is 1. The molecule has 0 spiro atoms. The number of esters is 1. The second-order valence-electron chi connectivity index (χ2n) is 4.92. The predicted octanol–water partition coefficient (Wildman–Crippen LogP) is 5.31. The molecule has 7 heteroatoms. The maximum atomic E-state index is 12.4. The minimum atomic E-state index is -0.440. The van der Waals surface area contributed by atoms with Crippen LogP contribution >= 0.6 is 38.9 Å². The van der Waals surface area contributed by atoms with Gasteiger partial charge in [0.1, 0.15) is 10.6 Å². The first kappa shape index (κ1) is 19.0. The molecule has 2 aromatic rings. The van der Waals surface area contributed by atoms with Crippen molar-refractivity contribution in [3.8, 4) is 11.1 Å². The predicted molar refractivity (Wildman–Crippen MR) is 102 cm³/mol. The van der Waals surface area contributed by atoms with E-state index in [1.165, 1.54) is 11.3 Å². The maximum Gasteiger partial charge on any atom is 0.341 e. The molecule has 0 aliphatic carbocycles. The van der Waals surface area contributed by atoms with Gasteiger partial charge in [-0.3, -0.25) is 4.79 Å². The van der Waals surface area contributed by atoms with E-state index in [1.807, 2.05) is 29.6 Å². The number of ether oxygens (including phenoxy) is 1. The van der Waals surface area contributed by atoms with Crippen LogP contribution in [0.2, 0.25) is 0 Å². The molecule has 128 valence electrons. The number of thiophene rings is 1. The molecule has 0 aliphatic heterocycles. The van der Waals surface area contributed by atoms with Gasteiger partial charge in [0.2, 0.25) is 5.91 Å². The van der Waals surface area contributed by atoms with Gasteiger partial charge in [0.05, 0.1) is 6.61 Å². The van der Waals surface area contributed by atoms with Crippen LogP contribution in [0.25, 0.3) is 11.1 Å². The monoisotopic (exact) mass is 429 g/mol. The highest BCUT2D eigenvalue weighted by Gasteiger charge is 2.22. The molecule has 0 bridgehead atoms. The molecular weight excluding hydrogens is 414 g/mol. The molecule has 0 radical (unpaired) electrons. The van der Waals surface area contributed by atoms with Gasteiger partial charge < -0.3 is 10.1 Å². The number of hydrogen-bond acceptors (Lipinski definition) is 4. The van der Waals surface area contributed by atoms with E-state index in [-0.39, 0.29) is 12.5 Å². The zero-order valence-corrected chi connectivity index (χ0v) is 16.3. The number of amides is 1. The molecule has 1 N–H and O–H groups in total. The normalized spacial score (nSPS) is 10.5. The van der Waals surface area contributed by atoms with Crippen LogP contribution in [0.3, 0.4) is 0 Å². The van der Waals surface area contributed by atoms with Gasteiger partial charge >= 0.3 is 5.97 Å². The van der Waals surface area contributed by atoms with Crippen molar-refractivity contribution in [1.82, 2.24) is 0 Å². The van der Waals surface area contributed by atoms with Crippen LogP contribution in [-0.4, -0.2) is 24.4 Å². The molecule has 0 unspecified atom stereocenters. The molecule has 1 amide bonds. The van der Waals surface area contributed by atoms with E-state index >= 15 is 0 Å². The van der Waals surface area contributed by atoms with Gasteiger partial charge in [-0.2, -0.15) is 0 Å². The van der Waals surface area contributed by atoms with E-state index in [2.05, 4.69) is 21.2 Å². The quantitative estimate of drug-likeness (QED) is 0.478. The molecule has 0 saturated heterocycles. The average Bonchev–Trinajstić information content (AvgIpc) is 2.97. The molecule has 0 fully saturated rings. The van der Waals surface area contributed by atoms with Gasteiger partial charge in [-0.05, 0) is 31.0 Å². The van der Waals surface area contributed by atoms with Crippen molar-refractivity contribution in [2.24, 2.45) is 0 Å². The molecule has 1 heterocycles. The topological polar surface area (TPSA) is 55.4 Å². The number of hydrogen-bond donors (Lipinski definition) is 1. The lowest BCUT2D eigenvalue weighted by molar-refractivity contribution is -0.116. The Hall–Kier alpha value is -1.37. The maximum absolute atomic E-state index is 12.4. The van der Waals surface area contributed by atoms with Crippen molar-refractivity contribution in [2.75, 3.05) is 17.8 Å². The molecule has 0 saturated carbocycles. The molecule has 4 nitrogen and oxygen atoms in total. The van der Waals surface area contributed by atoms with Gasteiger partial charge in [0.25, 0.3) is 0 Å². The van der Waals surface area contributed by atoms with Crippen molar-refractivity contribution in [3.05, 3.63) is 39.7 Å². The summed E-state index contributed by atoms with van der Waals surface area (Å²) in [5, 5.41) is 5.16. The Morgan fingerprint density at radius 2 is 2.00 bits per heavy atom. The molecule has 1 aromatic heterocycles. The lowest BCUT2D eigenvalue weighted by Crippen LogP contribution is -2.14. The van der Waals surface area contributed by atoms with Gasteiger partial charge in [0, 0.05) is 27.7 Å². The molecule has 24 heavy (non-hydrogen) atoms. The van der Waals surface area contributed by atoms with Crippen LogP contribution in [-0.2, 0) is 9.53 Å². The Balaban J connectivity index is 2.35. The second-order valence-corrected chi connectivity index (χ2v) is 7.09. The van der Waals surface area contributed by atoms with E-state index in [9.17, 15) is 9.59 Å². The lowest BCUT2D eigenvalue weighted by Gasteiger charge is -2.08. The number of rotatable bonds is 7. The van der Waals surface area contributed by atoms with E-state index < -0.39 is 5.97 Å². The number of carbonyl (C=O) groups is 2. The zero-order valence-electron chi connectivity index (χ0n) is 13.1. The first-order valence-electron chi connectivity index (χ1n) is 7.47. The molecule has 1 aromatic carbocycles. The summed E-state index contributed by atoms with van der Waals surface area (Å²) in [4.78, 5) is 24.4. The summed E-state index contributed by atoms with van der Waals surface area (Å²) in [5.74, 6) is -0.179. The molecule has 2 rings (SSSR count). The second kappa shape index (κ2) is 9.20. The summed E-state index contributed by atoms with van der Waals surface area (Å²) >= 11 is 10.3. The Morgan fingerprint density at radius 3 is 2.62 bits per heavy atom. The standard InChI is InChI=1S/C17H17BrClNO3S/c1-2-23-17(22)15-13(11-5-7-12(18)8-6-11)10-24-16(15)20-14(21)4-3-9-19/h5-8,10H,2-4,9H2,1H3,(H,20,21). The third-order valence-electron chi connectivity index (χ3n) is 3.22. The van der Waals surface area contributed by atoms with Crippen molar-refractivity contribution >= 4 is 55.7 Å². The van der Waals surface area contributed by atoms with Crippen LogP contribution in [0.15, 0.2) is 34.1 Å².